The van der Waals surface area contributed by atoms with Crippen LogP contribution >= 0.6 is 11.6 Å². The summed E-state index contributed by atoms with van der Waals surface area (Å²) in [5, 5.41) is 10.5. The van der Waals surface area contributed by atoms with Gasteiger partial charge in [-0.3, -0.25) is 0 Å². The fraction of sp³-hybridized carbons (Fsp3) is 0.583. The highest BCUT2D eigenvalue weighted by molar-refractivity contribution is 6.33. The smallest absolute Gasteiger partial charge is 0.147 e. The van der Waals surface area contributed by atoms with Crippen molar-refractivity contribution in [1.82, 2.24) is 4.98 Å². The van der Waals surface area contributed by atoms with Gasteiger partial charge < -0.3 is 15.7 Å². The minimum Gasteiger partial charge on any atom is -0.390 e. The van der Waals surface area contributed by atoms with E-state index >= 15 is 0 Å². The molecule has 0 atom stereocenters. The van der Waals surface area contributed by atoms with Gasteiger partial charge in [0.15, 0.2) is 0 Å². The number of hydrogen-bond acceptors (Lipinski definition) is 4. The van der Waals surface area contributed by atoms with Gasteiger partial charge in [-0.25, -0.2) is 4.98 Å². The van der Waals surface area contributed by atoms with Crippen LogP contribution in [0.5, 0.6) is 0 Å². The van der Waals surface area contributed by atoms with Crippen LogP contribution in [0.25, 0.3) is 0 Å². The summed E-state index contributed by atoms with van der Waals surface area (Å²) in [5.74, 6) is 0.783. The summed E-state index contributed by atoms with van der Waals surface area (Å²) >= 11 is 6.27. The van der Waals surface area contributed by atoms with Gasteiger partial charge in [-0.05, 0) is 31.4 Å². The molecule has 1 aromatic rings. The lowest BCUT2D eigenvalue weighted by atomic mass is 9.94. The second-order valence-electron chi connectivity index (χ2n) is 4.80. The van der Waals surface area contributed by atoms with Crippen molar-refractivity contribution in [2.24, 2.45) is 5.73 Å². The molecule has 1 fully saturated rings. The summed E-state index contributed by atoms with van der Waals surface area (Å²) in [7, 11) is 0. The molecule has 1 aliphatic heterocycles. The maximum Gasteiger partial charge on any atom is 0.147 e. The molecule has 0 radical (unpaired) electrons. The summed E-state index contributed by atoms with van der Waals surface area (Å²) in [6.45, 7) is 3.83. The van der Waals surface area contributed by atoms with Crippen molar-refractivity contribution in [2.45, 2.75) is 31.9 Å². The highest BCUT2D eigenvalue weighted by Gasteiger charge is 2.28. The zero-order valence-corrected chi connectivity index (χ0v) is 10.7. The van der Waals surface area contributed by atoms with Gasteiger partial charge in [0.25, 0.3) is 0 Å². The maximum atomic E-state index is 9.91. The van der Waals surface area contributed by atoms with Crippen LogP contribution in [0, 0.1) is 0 Å². The highest BCUT2D eigenvalue weighted by Crippen LogP contribution is 2.31. The van der Waals surface area contributed by atoms with Gasteiger partial charge in [-0.15, -0.1) is 0 Å². The fourth-order valence-electron chi connectivity index (χ4n) is 2.05. The molecule has 0 unspecified atom stereocenters. The number of rotatable bonds is 2. The Bertz CT molecular complexity index is 399. The molecule has 17 heavy (non-hydrogen) atoms. The molecule has 4 nitrogen and oxygen atoms in total. The first-order valence-electron chi connectivity index (χ1n) is 5.84. The van der Waals surface area contributed by atoms with Gasteiger partial charge in [0, 0.05) is 25.8 Å². The van der Waals surface area contributed by atoms with Crippen molar-refractivity contribution in [3.05, 3.63) is 22.8 Å². The van der Waals surface area contributed by atoms with Crippen LogP contribution in [0.3, 0.4) is 0 Å². The van der Waals surface area contributed by atoms with Crippen molar-refractivity contribution < 1.29 is 5.11 Å². The maximum absolute atomic E-state index is 9.91. The molecule has 0 saturated carbocycles. The lowest BCUT2D eigenvalue weighted by Crippen LogP contribution is -2.43. The van der Waals surface area contributed by atoms with Crippen molar-refractivity contribution in [1.29, 1.82) is 0 Å². The van der Waals surface area contributed by atoms with E-state index in [1.54, 1.807) is 6.20 Å². The predicted octanol–water partition coefficient (Wildman–Crippen LogP) is 1.54. The van der Waals surface area contributed by atoms with E-state index in [1.165, 1.54) is 0 Å². The van der Waals surface area contributed by atoms with E-state index in [0.717, 1.165) is 37.3 Å². The summed E-state index contributed by atoms with van der Waals surface area (Å²) < 4.78 is 0. The number of nitrogens with zero attached hydrogens (tertiary/aromatic N) is 2. The second kappa shape index (κ2) is 4.80. The topological polar surface area (TPSA) is 62.4 Å². The van der Waals surface area contributed by atoms with E-state index in [0.29, 0.717) is 11.6 Å². The van der Waals surface area contributed by atoms with Crippen LogP contribution in [-0.4, -0.2) is 28.8 Å². The zero-order chi connectivity index (χ0) is 12.5. The van der Waals surface area contributed by atoms with Crippen LogP contribution in [0.1, 0.15) is 25.3 Å². The van der Waals surface area contributed by atoms with E-state index in [-0.39, 0.29) is 0 Å². The first-order valence-corrected chi connectivity index (χ1v) is 6.22. The summed E-state index contributed by atoms with van der Waals surface area (Å²) in [5.41, 5.74) is 5.97. The summed E-state index contributed by atoms with van der Waals surface area (Å²) in [4.78, 5) is 6.43. The third-order valence-electron chi connectivity index (χ3n) is 3.31. The van der Waals surface area contributed by atoms with Crippen molar-refractivity contribution >= 4 is 17.4 Å². The molecule has 0 amide bonds. The number of anilines is 1. The molecule has 0 aromatic carbocycles. The molecule has 1 aliphatic rings. The van der Waals surface area contributed by atoms with E-state index in [1.807, 2.05) is 13.0 Å². The first kappa shape index (κ1) is 12.6. The molecule has 1 saturated heterocycles. The van der Waals surface area contributed by atoms with Crippen molar-refractivity contribution in [3.8, 4) is 0 Å². The van der Waals surface area contributed by atoms with E-state index in [4.69, 9.17) is 17.3 Å². The van der Waals surface area contributed by atoms with E-state index < -0.39 is 5.60 Å². The number of pyridine rings is 1. The molecule has 94 valence electrons. The van der Waals surface area contributed by atoms with Gasteiger partial charge in [0.05, 0.1) is 10.6 Å². The first-order chi connectivity index (χ1) is 8.03. The number of aliphatic hydroxyl groups is 1. The van der Waals surface area contributed by atoms with Gasteiger partial charge in [-0.2, -0.15) is 0 Å². The van der Waals surface area contributed by atoms with Crippen LogP contribution in [0.4, 0.5) is 5.82 Å². The van der Waals surface area contributed by atoms with Crippen LogP contribution in [-0.2, 0) is 6.54 Å². The molecule has 2 heterocycles. The number of halogens is 1. The molecule has 0 aliphatic carbocycles. The van der Waals surface area contributed by atoms with Crippen molar-refractivity contribution in [3.63, 3.8) is 0 Å². The highest BCUT2D eigenvalue weighted by atomic mass is 35.5. The normalized spacial score (nSPS) is 19.4. The van der Waals surface area contributed by atoms with Crippen LogP contribution in [0.2, 0.25) is 5.02 Å². The molecule has 0 spiro atoms. The molecule has 3 N–H and O–H groups in total. The van der Waals surface area contributed by atoms with Crippen molar-refractivity contribution in [2.75, 3.05) is 18.0 Å². The third kappa shape index (κ3) is 2.70. The number of nitrogens with two attached hydrogens (primary N) is 1. The average molecular weight is 256 g/mol. The second-order valence-corrected chi connectivity index (χ2v) is 5.17. The van der Waals surface area contributed by atoms with Crippen LogP contribution in [0.15, 0.2) is 12.3 Å². The van der Waals surface area contributed by atoms with E-state index in [2.05, 4.69) is 9.88 Å². The van der Waals surface area contributed by atoms with Gasteiger partial charge in [-0.1, -0.05) is 11.6 Å². The SMILES string of the molecule is CC1(O)CCN(c2nccc(CN)c2Cl)CC1. The van der Waals surface area contributed by atoms with E-state index in [9.17, 15) is 5.11 Å². The lowest BCUT2D eigenvalue weighted by Gasteiger charge is -2.36. The zero-order valence-electron chi connectivity index (χ0n) is 9.99. The summed E-state index contributed by atoms with van der Waals surface area (Å²) in [6, 6.07) is 1.84. The summed E-state index contributed by atoms with van der Waals surface area (Å²) in [6.07, 6.45) is 3.20. The van der Waals surface area contributed by atoms with Gasteiger partial charge in [0.1, 0.15) is 5.82 Å². The Morgan fingerprint density at radius 3 is 2.76 bits per heavy atom. The Labute approximate surface area is 106 Å². The number of piperidine rings is 1. The third-order valence-corrected chi connectivity index (χ3v) is 3.72. The average Bonchev–Trinajstić information content (AvgIpc) is 2.30. The lowest BCUT2D eigenvalue weighted by molar-refractivity contribution is 0.0350. The predicted molar refractivity (Wildman–Crippen MR) is 69.2 cm³/mol. The minimum atomic E-state index is -0.561. The van der Waals surface area contributed by atoms with Gasteiger partial charge >= 0.3 is 0 Å². The molecular weight excluding hydrogens is 238 g/mol. The molecule has 0 bridgehead atoms. The Morgan fingerprint density at radius 1 is 1.53 bits per heavy atom. The Balaban J connectivity index is 2.19. The van der Waals surface area contributed by atoms with Gasteiger partial charge in [0.2, 0.25) is 0 Å². The molecule has 1 aromatic heterocycles. The number of aromatic nitrogens is 1. The number of hydrogen-bond donors (Lipinski definition) is 2. The van der Waals surface area contributed by atoms with Crippen LogP contribution < -0.4 is 10.6 Å². The molecule has 5 heteroatoms. The molecular formula is C12H18ClN3O. The fourth-order valence-corrected chi connectivity index (χ4v) is 2.36. The monoisotopic (exact) mass is 255 g/mol. The quantitative estimate of drug-likeness (QED) is 0.842. The Morgan fingerprint density at radius 2 is 2.18 bits per heavy atom. The standard InChI is InChI=1S/C12H18ClN3O/c1-12(17)3-6-16(7-4-12)11-10(13)9(8-14)2-5-15-11/h2,5,17H,3-4,6-8,14H2,1H3. The molecule has 2 rings (SSSR count). The Hall–Kier alpha value is -0.840. The largest absolute Gasteiger partial charge is 0.390 e. The Kier molecular flexibility index (Phi) is 3.56. The minimum absolute atomic E-state index is 0.417.